The van der Waals surface area contributed by atoms with Crippen LogP contribution in [0.5, 0.6) is 0 Å². The lowest BCUT2D eigenvalue weighted by Crippen LogP contribution is -2.28. The molecule has 5 heteroatoms. The van der Waals surface area contributed by atoms with Crippen molar-refractivity contribution >= 4 is 29.0 Å². The monoisotopic (exact) mass is 303 g/mol. The molecule has 21 heavy (non-hydrogen) atoms. The van der Waals surface area contributed by atoms with Crippen molar-refractivity contribution in [1.82, 2.24) is 4.98 Å². The van der Waals surface area contributed by atoms with Gasteiger partial charge < -0.3 is 10.2 Å². The predicted molar refractivity (Wildman–Crippen MR) is 87.3 cm³/mol. The van der Waals surface area contributed by atoms with E-state index in [1.807, 2.05) is 38.1 Å². The molecule has 2 aromatic rings. The van der Waals surface area contributed by atoms with Gasteiger partial charge in [-0.3, -0.25) is 4.79 Å². The number of pyridine rings is 1. The topological polar surface area (TPSA) is 45.2 Å². The van der Waals surface area contributed by atoms with Crippen LogP contribution in [0.25, 0.3) is 0 Å². The minimum Gasteiger partial charge on any atom is -0.370 e. The van der Waals surface area contributed by atoms with Crippen LogP contribution in [0, 0.1) is 6.92 Å². The van der Waals surface area contributed by atoms with Crippen molar-refractivity contribution < 1.29 is 4.79 Å². The summed E-state index contributed by atoms with van der Waals surface area (Å²) in [6.07, 6.45) is 0. The van der Waals surface area contributed by atoms with E-state index in [2.05, 4.69) is 10.3 Å². The maximum absolute atomic E-state index is 12.6. The van der Waals surface area contributed by atoms with Crippen molar-refractivity contribution in [1.29, 1.82) is 0 Å². The van der Waals surface area contributed by atoms with Crippen LogP contribution < -0.4 is 10.2 Å². The number of carbonyl (C=O) groups excluding carboxylic acids is 1. The molecule has 0 atom stereocenters. The fourth-order valence-corrected chi connectivity index (χ4v) is 2.27. The molecule has 0 fully saturated rings. The molecule has 110 valence electrons. The molecule has 2 rings (SSSR count). The number of nitrogens with one attached hydrogen (secondary N) is 1. The van der Waals surface area contributed by atoms with Crippen LogP contribution in [0.3, 0.4) is 0 Å². The molecule has 0 aliphatic carbocycles. The molecule has 0 radical (unpaired) electrons. The van der Waals surface area contributed by atoms with E-state index in [1.54, 1.807) is 24.1 Å². The molecule has 1 aromatic heterocycles. The van der Waals surface area contributed by atoms with Gasteiger partial charge in [-0.15, -0.1) is 0 Å². The highest BCUT2D eigenvalue weighted by Gasteiger charge is 2.19. The number of halogens is 1. The first kappa shape index (κ1) is 15.3. The van der Waals surface area contributed by atoms with Crippen molar-refractivity contribution in [3.63, 3.8) is 0 Å². The molecule has 1 aromatic carbocycles. The first-order chi connectivity index (χ1) is 10.0. The van der Waals surface area contributed by atoms with Gasteiger partial charge in [-0.1, -0.05) is 29.8 Å². The van der Waals surface area contributed by atoms with Gasteiger partial charge in [0.25, 0.3) is 5.91 Å². The molecule has 0 aliphatic rings. The molecule has 0 aliphatic heterocycles. The molecule has 0 spiro atoms. The van der Waals surface area contributed by atoms with Crippen LogP contribution in [-0.4, -0.2) is 24.5 Å². The fourth-order valence-electron chi connectivity index (χ4n) is 2.08. The third kappa shape index (κ3) is 3.34. The summed E-state index contributed by atoms with van der Waals surface area (Å²) in [6, 6.07) is 11.1. The summed E-state index contributed by atoms with van der Waals surface area (Å²) < 4.78 is 0. The van der Waals surface area contributed by atoms with Crippen LogP contribution in [0.4, 0.5) is 11.5 Å². The van der Waals surface area contributed by atoms with Gasteiger partial charge in [-0.05, 0) is 37.6 Å². The van der Waals surface area contributed by atoms with E-state index in [0.29, 0.717) is 10.8 Å². The van der Waals surface area contributed by atoms with Gasteiger partial charge in [0.05, 0.1) is 5.02 Å². The number of nitrogens with zero attached hydrogens (tertiary/aromatic N) is 2. The number of hydrogen-bond acceptors (Lipinski definition) is 3. The average molecular weight is 304 g/mol. The summed E-state index contributed by atoms with van der Waals surface area (Å²) >= 11 is 6.12. The Morgan fingerprint density at radius 3 is 2.67 bits per heavy atom. The Kier molecular flexibility index (Phi) is 4.81. The highest BCUT2D eigenvalue weighted by Crippen LogP contribution is 2.23. The number of aromatic nitrogens is 1. The van der Waals surface area contributed by atoms with Crippen LogP contribution in [-0.2, 0) is 0 Å². The lowest BCUT2D eigenvalue weighted by Gasteiger charge is -2.20. The second-order valence-electron chi connectivity index (χ2n) is 4.71. The van der Waals surface area contributed by atoms with Crippen molar-refractivity contribution in [3.05, 3.63) is 52.7 Å². The van der Waals surface area contributed by atoms with Gasteiger partial charge in [-0.2, -0.15) is 0 Å². The fraction of sp³-hybridized carbons (Fsp3) is 0.250. The maximum atomic E-state index is 12.6. The number of benzene rings is 1. The normalized spacial score (nSPS) is 10.3. The molecular formula is C16H18ClN3O. The summed E-state index contributed by atoms with van der Waals surface area (Å²) in [5.41, 5.74) is 2.11. The maximum Gasteiger partial charge on any atom is 0.278 e. The standard InChI is InChI=1S/C16H18ClN3O/c1-4-18-14-10-9-12(17)15(19-14)16(21)20(3)13-8-6-5-7-11(13)2/h5-10H,4H2,1-3H3,(H,18,19). The van der Waals surface area contributed by atoms with Gasteiger partial charge in [0, 0.05) is 19.3 Å². The Morgan fingerprint density at radius 1 is 1.29 bits per heavy atom. The summed E-state index contributed by atoms with van der Waals surface area (Å²) in [5, 5.41) is 3.43. The number of carbonyl (C=O) groups is 1. The molecule has 1 amide bonds. The van der Waals surface area contributed by atoms with Crippen molar-refractivity contribution in [3.8, 4) is 0 Å². The quantitative estimate of drug-likeness (QED) is 0.935. The largest absolute Gasteiger partial charge is 0.370 e. The lowest BCUT2D eigenvalue weighted by atomic mass is 10.2. The molecule has 0 bridgehead atoms. The van der Waals surface area contributed by atoms with Crippen LogP contribution in [0.1, 0.15) is 23.0 Å². The zero-order valence-electron chi connectivity index (χ0n) is 12.4. The summed E-state index contributed by atoms with van der Waals surface area (Å²) in [7, 11) is 1.72. The molecular weight excluding hydrogens is 286 g/mol. The van der Waals surface area contributed by atoms with E-state index in [4.69, 9.17) is 11.6 Å². The van der Waals surface area contributed by atoms with Gasteiger partial charge in [0.15, 0.2) is 0 Å². The van der Waals surface area contributed by atoms with E-state index in [-0.39, 0.29) is 11.6 Å². The van der Waals surface area contributed by atoms with E-state index in [1.165, 1.54) is 0 Å². The van der Waals surface area contributed by atoms with Crippen molar-refractivity contribution in [2.75, 3.05) is 23.8 Å². The van der Waals surface area contributed by atoms with Gasteiger partial charge in [0.1, 0.15) is 11.5 Å². The molecule has 0 saturated heterocycles. The number of hydrogen-bond donors (Lipinski definition) is 1. The Bertz CT molecular complexity index is 658. The Labute approximate surface area is 129 Å². The highest BCUT2D eigenvalue weighted by molar-refractivity contribution is 6.34. The van der Waals surface area contributed by atoms with E-state index >= 15 is 0 Å². The molecule has 1 heterocycles. The molecule has 1 N–H and O–H groups in total. The first-order valence-electron chi connectivity index (χ1n) is 6.78. The summed E-state index contributed by atoms with van der Waals surface area (Å²) in [6.45, 7) is 4.66. The zero-order valence-corrected chi connectivity index (χ0v) is 13.1. The second kappa shape index (κ2) is 6.59. The number of amides is 1. The Balaban J connectivity index is 2.35. The minimum absolute atomic E-state index is 0.228. The number of rotatable bonds is 4. The first-order valence-corrected chi connectivity index (χ1v) is 7.16. The van der Waals surface area contributed by atoms with Gasteiger partial charge in [0.2, 0.25) is 0 Å². The number of aryl methyl sites for hydroxylation is 1. The highest BCUT2D eigenvalue weighted by atomic mass is 35.5. The van der Waals surface area contributed by atoms with E-state index < -0.39 is 0 Å². The van der Waals surface area contributed by atoms with Gasteiger partial charge in [-0.25, -0.2) is 4.98 Å². The SMILES string of the molecule is CCNc1ccc(Cl)c(C(=O)N(C)c2ccccc2C)n1. The average Bonchev–Trinajstić information content (AvgIpc) is 2.48. The van der Waals surface area contributed by atoms with Crippen molar-refractivity contribution in [2.45, 2.75) is 13.8 Å². The zero-order chi connectivity index (χ0) is 15.4. The number of para-hydroxylation sites is 1. The lowest BCUT2D eigenvalue weighted by molar-refractivity contribution is 0.0988. The number of anilines is 2. The van der Waals surface area contributed by atoms with Crippen molar-refractivity contribution in [2.24, 2.45) is 0 Å². The Morgan fingerprint density at radius 2 is 2.00 bits per heavy atom. The van der Waals surface area contributed by atoms with Crippen LogP contribution in [0.15, 0.2) is 36.4 Å². The molecule has 0 saturated carbocycles. The Hall–Kier alpha value is -2.07. The molecule has 4 nitrogen and oxygen atoms in total. The second-order valence-corrected chi connectivity index (χ2v) is 5.12. The third-order valence-corrected chi connectivity index (χ3v) is 3.49. The smallest absolute Gasteiger partial charge is 0.278 e. The third-order valence-electron chi connectivity index (χ3n) is 3.19. The van der Waals surface area contributed by atoms with Gasteiger partial charge >= 0.3 is 0 Å². The van der Waals surface area contributed by atoms with Crippen LogP contribution >= 0.6 is 11.6 Å². The minimum atomic E-state index is -0.228. The predicted octanol–water partition coefficient (Wildman–Crippen LogP) is 3.75. The van der Waals surface area contributed by atoms with Crippen LogP contribution in [0.2, 0.25) is 5.02 Å². The molecule has 0 unspecified atom stereocenters. The summed E-state index contributed by atoms with van der Waals surface area (Å²) in [4.78, 5) is 18.5. The van der Waals surface area contributed by atoms with E-state index in [9.17, 15) is 4.79 Å². The van der Waals surface area contributed by atoms with E-state index in [0.717, 1.165) is 17.8 Å². The summed E-state index contributed by atoms with van der Waals surface area (Å²) in [5.74, 6) is 0.414.